The van der Waals surface area contributed by atoms with Gasteiger partial charge in [0.15, 0.2) is 0 Å². The SMILES string of the molecule is NC(=S)c1ccccc1CS(=O)(=O)NCC1CCOCC1. The van der Waals surface area contributed by atoms with Gasteiger partial charge in [0.05, 0.1) is 5.75 Å². The molecule has 2 rings (SSSR count). The van der Waals surface area contributed by atoms with E-state index in [1.54, 1.807) is 24.3 Å². The van der Waals surface area contributed by atoms with Crippen LogP contribution < -0.4 is 10.5 Å². The molecule has 5 nitrogen and oxygen atoms in total. The summed E-state index contributed by atoms with van der Waals surface area (Å²) in [7, 11) is -3.40. The topological polar surface area (TPSA) is 81.4 Å². The van der Waals surface area contributed by atoms with Crippen molar-refractivity contribution >= 4 is 27.2 Å². The molecule has 116 valence electrons. The monoisotopic (exact) mass is 328 g/mol. The van der Waals surface area contributed by atoms with Crippen molar-refractivity contribution in [3.05, 3.63) is 35.4 Å². The highest BCUT2D eigenvalue weighted by atomic mass is 32.2. The molecule has 0 aliphatic carbocycles. The Morgan fingerprint density at radius 1 is 1.33 bits per heavy atom. The van der Waals surface area contributed by atoms with Crippen molar-refractivity contribution in [1.29, 1.82) is 0 Å². The van der Waals surface area contributed by atoms with Crippen LogP contribution in [0.3, 0.4) is 0 Å². The summed E-state index contributed by atoms with van der Waals surface area (Å²) in [5.74, 6) is 0.239. The Morgan fingerprint density at radius 2 is 2.00 bits per heavy atom. The molecule has 0 radical (unpaired) electrons. The van der Waals surface area contributed by atoms with Crippen LogP contribution in [0.1, 0.15) is 24.0 Å². The van der Waals surface area contributed by atoms with Crippen LogP contribution in [0.5, 0.6) is 0 Å². The maximum Gasteiger partial charge on any atom is 0.215 e. The summed E-state index contributed by atoms with van der Waals surface area (Å²) < 4.78 is 32.3. The second-order valence-corrected chi connectivity index (χ2v) is 7.43. The molecule has 0 atom stereocenters. The summed E-state index contributed by atoms with van der Waals surface area (Å²) in [6.45, 7) is 1.87. The average molecular weight is 328 g/mol. The first-order valence-electron chi connectivity index (χ1n) is 6.91. The molecule has 0 saturated carbocycles. The molecule has 0 spiro atoms. The van der Waals surface area contributed by atoms with Gasteiger partial charge in [0, 0.05) is 25.3 Å². The van der Waals surface area contributed by atoms with Gasteiger partial charge in [-0.2, -0.15) is 0 Å². The Bertz CT molecular complexity index is 596. The summed E-state index contributed by atoms with van der Waals surface area (Å²) in [6, 6.07) is 7.05. The van der Waals surface area contributed by atoms with Crippen molar-refractivity contribution < 1.29 is 13.2 Å². The van der Waals surface area contributed by atoms with Crippen LogP contribution in [-0.2, 0) is 20.5 Å². The van der Waals surface area contributed by atoms with E-state index in [0.29, 0.717) is 36.8 Å². The first-order valence-corrected chi connectivity index (χ1v) is 8.97. The van der Waals surface area contributed by atoms with Crippen molar-refractivity contribution in [1.82, 2.24) is 4.72 Å². The first kappa shape index (κ1) is 16.4. The second kappa shape index (κ2) is 7.31. The third-order valence-corrected chi connectivity index (χ3v) is 5.08. The number of hydrogen-bond donors (Lipinski definition) is 2. The standard InChI is InChI=1S/C14H20N2O3S2/c15-14(20)13-4-2-1-3-12(13)10-21(17,18)16-9-11-5-7-19-8-6-11/h1-4,11,16H,5-10H2,(H2,15,20). The fraction of sp³-hybridized carbons (Fsp3) is 0.500. The van der Waals surface area contributed by atoms with Crippen molar-refractivity contribution in [3.8, 4) is 0 Å². The van der Waals surface area contributed by atoms with Crippen molar-refractivity contribution in [2.45, 2.75) is 18.6 Å². The lowest BCUT2D eigenvalue weighted by Gasteiger charge is -2.22. The molecule has 1 aromatic rings. The van der Waals surface area contributed by atoms with Crippen LogP contribution in [0.25, 0.3) is 0 Å². The number of sulfonamides is 1. The molecule has 0 aromatic heterocycles. The lowest BCUT2D eigenvalue weighted by Crippen LogP contribution is -2.33. The van der Waals surface area contributed by atoms with Gasteiger partial charge in [0.1, 0.15) is 4.99 Å². The summed E-state index contributed by atoms with van der Waals surface area (Å²) in [5.41, 5.74) is 6.87. The minimum atomic E-state index is -3.40. The van der Waals surface area contributed by atoms with E-state index in [0.717, 1.165) is 12.8 Å². The zero-order chi connectivity index (χ0) is 15.3. The van der Waals surface area contributed by atoms with Crippen LogP contribution in [0.2, 0.25) is 0 Å². The fourth-order valence-corrected chi connectivity index (χ4v) is 3.79. The van der Waals surface area contributed by atoms with E-state index >= 15 is 0 Å². The van der Waals surface area contributed by atoms with Crippen LogP contribution >= 0.6 is 12.2 Å². The molecule has 0 amide bonds. The largest absolute Gasteiger partial charge is 0.389 e. The van der Waals surface area contributed by atoms with Gasteiger partial charge in [-0.05, 0) is 24.3 Å². The van der Waals surface area contributed by atoms with Crippen molar-refractivity contribution in [2.24, 2.45) is 11.7 Å². The predicted molar refractivity (Wildman–Crippen MR) is 86.5 cm³/mol. The summed E-state index contributed by atoms with van der Waals surface area (Å²) in [5, 5.41) is 0. The second-order valence-electron chi connectivity index (χ2n) is 5.18. The quantitative estimate of drug-likeness (QED) is 0.766. The van der Waals surface area contributed by atoms with Crippen molar-refractivity contribution in [2.75, 3.05) is 19.8 Å². The highest BCUT2D eigenvalue weighted by Crippen LogP contribution is 2.15. The Morgan fingerprint density at radius 3 is 2.67 bits per heavy atom. The normalized spacial score (nSPS) is 16.8. The van der Waals surface area contributed by atoms with Gasteiger partial charge in [-0.25, -0.2) is 13.1 Å². The zero-order valence-corrected chi connectivity index (χ0v) is 13.4. The molecule has 1 aliphatic rings. The molecule has 1 aromatic carbocycles. The van der Waals surface area contributed by atoms with Crippen molar-refractivity contribution in [3.63, 3.8) is 0 Å². The molecule has 1 fully saturated rings. The average Bonchev–Trinajstić information content (AvgIpc) is 2.46. The molecule has 1 aliphatic heterocycles. The Labute approximate surface area is 130 Å². The van der Waals surface area contributed by atoms with E-state index in [2.05, 4.69) is 4.72 Å². The Kier molecular flexibility index (Phi) is 5.69. The number of hydrogen-bond acceptors (Lipinski definition) is 4. The maximum atomic E-state index is 12.2. The van der Waals surface area contributed by atoms with Crippen LogP contribution in [0.4, 0.5) is 0 Å². The molecular formula is C14H20N2O3S2. The van der Waals surface area contributed by atoms with Gasteiger partial charge < -0.3 is 10.5 Å². The Hall–Kier alpha value is -1.02. The van der Waals surface area contributed by atoms with Gasteiger partial charge in [0.25, 0.3) is 0 Å². The fourth-order valence-electron chi connectivity index (χ4n) is 2.34. The van der Waals surface area contributed by atoms with E-state index < -0.39 is 10.0 Å². The summed E-state index contributed by atoms with van der Waals surface area (Å²) in [4.78, 5) is 0.213. The molecule has 3 N–H and O–H groups in total. The minimum absolute atomic E-state index is 0.107. The molecule has 1 saturated heterocycles. The zero-order valence-electron chi connectivity index (χ0n) is 11.7. The van der Waals surface area contributed by atoms with Crippen LogP contribution in [0, 0.1) is 5.92 Å². The van der Waals surface area contributed by atoms with Gasteiger partial charge >= 0.3 is 0 Å². The molecular weight excluding hydrogens is 308 g/mol. The highest BCUT2D eigenvalue weighted by Gasteiger charge is 2.19. The van der Waals surface area contributed by atoms with Gasteiger partial charge in [-0.1, -0.05) is 36.5 Å². The first-order chi connectivity index (χ1) is 9.98. The van der Waals surface area contributed by atoms with E-state index in [9.17, 15) is 8.42 Å². The van der Waals surface area contributed by atoms with Crippen LogP contribution in [-0.4, -0.2) is 33.2 Å². The molecule has 7 heteroatoms. The number of ether oxygens (including phenoxy) is 1. The minimum Gasteiger partial charge on any atom is -0.389 e. The number of nitrogens with two attached hydrogens (primary N) is 1. The van der Waals surface area contributed by atoms with Crippen LogP contribution in [0.15, 0.2) is 24.3 Å². The van der Waals surface area contributed by atoms with E-state index in [-0.39, 0.29) is 10.7 Å². The highest BCUT2D eigenvalue weighted by molar-refractivity contribution is 7.88. The molecule has 1 heterocycles. The van der Waals surface area contributed by atoms with E-state index in [4.69, 9.17) is 22.7 Å². The number of nitrogens with one attached hydrogen (secondary N) is 1. The van der Waals surface area contributed by atoms with E-state index in [1.165, 1.54) is 0 Å². The predicted octanol–water partition coefficient (Wildman–Crippen LogP) is 1.17. The lowest BCUT2D eigenvalue weighted by molar-refractivity contribution is 0.0678. The number of rotatable bonds is 6. The van der Waals surface area contributed by atoms with E-state index in [1.807, 2.05) is 0 Å². The third kappa shape index (κ3) is 5.03. The number of benzene rings is 1. The molecule has 0 unspecified atom stereocenters. The maximum absolute atomic E-state index is 12.2. The van der Waals surface area contributed by atoms with Gasteiger partial charge in [-0.3, -0.25) is 0 Å². The van der Waals surface area contributed by atoms with Gasteiger partial charge in [0.2, 0.25) is 10.0 Å². The smallest absolute Gasteiger partial charge is 0.215 e. The number of thiocarbonyl (C=S) groups is 1. The Balaban J connectivity index is 1.99. The lowest BCUT2D eigenvalue weighted by atomic mass is 10.0. The summed E-state index contributed by atoms with van der Waals surface area (Å²) >= 11 is 4.95. The third-order valence-electron chi connectivity index (χ3n) is 3.56. The van der Waals surface area contributed by atoms with Gasteiger partial charge in [-0.15, -0.1) is 0 Å². The molecule has 21 heavy (non-hydrogen) atoms. The summed E-state index contributed by atoms with van der Waals surface area (Å²) in [6.07, 6.45) is 1.79. The molecule has 0 bridgehead atoms.